The number of unbranched alkanes of at least 4 members (excludes halogenated alkanes) is 1. The molecule has 4 atom stereocenters. The van der Waals surface area contributed by atoms with Gasteiger partial charge in [-0.05, 0) is 53.9 Å². The summed E-state index contributed by atoms with van der Waals surface area (Å²) >= 11 is 0. The summed E-state index contributed by atoms with van der Waals surface area (Å²) in [6, 6.07) is 10.8. The van der Waals surface area contributed by atoms with Crippen LogP contribution in [0.1, 0.15) is 84.2 Å². The number of carbonyl (C=O) groups excluding carboxylic acids is 1. The van der Waals surface area contributed by atoms with E-state index in [4.69, 9.17) is 5.10 Å². The van der Waals surface area contributed by atoms with Gasteiger partial charge < -0.3 is 0 Å². The van der Waals surface area contributed by atoms with Gasteiger partial charge in [0.2, 0.25) is 0 Å². The number of benzene rings is 1. The van der Waals surface area contributed by atoms with Crippen molar-refractivity contribution >= 4 is 11.5 Å². The van der Waals surface area contributed by atoms with Crippen LogP contribution in [0.2, 0.25) is 0 Å². The predicted octanol–water partition coefficient (Wildman–Crippen LogP) is 6.01. The first-order valence-electron chi connectivity index (χ1n) is 11.3. The third-order valence-corrected chi connectivity index (χ3v) is 8.65. The molecule has 1 aromatic carbocycles. The molecule has 0 N–H and O–H groups in total. The Balaban J connectivity index is 1.48. The van der Waals surface area contributed by atoms with Crippen LogP contribution in [-0.2, 0) is 4.79 Å². The average molecular weight is 381 g/mol. The first-order valence-corrected chi connectivity index (χ1v) is 11.3. The predicted molar refractivity (Wildman–Crippen MR) is 115 cm³/mol. The van der Waals surface area contributed by atoms with E-state index in [9.17, 15) is 4.79 Å². The van der Waals surface area contributed by atoms with Crippen LogP contribution in [0.15, 0.2) is 35.4 Å². The minimum absolute atomic E-state index is 0.221. The van der Waals surface area contributed by atoms with E-state index in [1.54, 1.807) is 0 Å². The van der Waals surface area contributed by atoms with Gasteiger partial charge in [0.25, 0.3) is 0 Å². The van der Waals surface area contributed by atoms with Gasteiger partial charge in [-0.25, -0.2) is 0 Å². The Hall–Kier alpha value is -1.64. The van der Waals surface area contributed by atoms with Gasteiger partial charge in [-0.2, -0.15) is 5.10 Å². The summed E-state index contributed by atoms with van der Waals surface area (Å²) in [5.41, 5.74) is 2.77. The molecule has 28 heavy (non-hydrogen) atoms. The number of rotatable bonds is 7. The summed E-state index contributed by atoms with van der Waals surface area (Å²) in [6.45, 7) is 10.4. The second-order valence-electron chi connectivity index (χ2n) is 10.1. The van der Waals surface area contributed by atoms with E-state index in [1.807, 2.05) is 0 Å². The molecule has 1 unspecified atom stereocenters. The zero-order valence-electron chi connectivity index (χ0n) is 18.1. The summed E-state index contributed by atoms with van der Waals surface area (Å²) in [4.78, 5) is 13.3. The van der Waals surface area contributed by atoms with Gasteiger partial charge in [0, 0.05) is 19.4 Å². The summed E-state index contributed by atoms with van der Waals surface area (Å²) in [5, 5.41) is 7.03. The van der Waals surface area contributed by atoms with Crippen LogP contribution in [0, 0.1) is 22.7 Å². The molecule has 0 spiro atoms. The molecule has 1 aliphatic heterocycles. The SMILES string of the molecule is CCCCN1N=C(C(=O)C[C@H]2C[C@H]3CC[C@]2(C)C3(C)C)CC1c1ccccc1. The first-order chi connectivity index (χ1) is 13.4. The van der Waals surface area contributed by atoms with Crippen molar-refractivity contribution in [3.8, 4) is 0 Å². The fourth-order valence-corrected chi connectivity index (χ4v) is 6.23. The molecule has 1 heterocycles. The van der Waals surface area contributed by atoms with E-state index in [1.165, 1.54) is 24.8 Å². The van der Waals surface area contributed by atoms with E-state index < -0.39 is 0 Å². The Morgan fingerprint density at radius 3 is 2.57 bits per heavy atom. The molecular formula is C25H36N2O. The van der Waals surface area contributed by atoms with Crippen molar-refractivity contribution in [1.82, 2.24) is 5.01 Å². The van der Waals surface area contributed by atoms with Crippen molar-refractivity contribution in [3.05, 3.63) is 35.9 Å². The summed E-state index contributed by atoms with van der Waals surface area (Å²) in [7, 11) is 0. The molecule has 4 rings (SSSR count). The molecule has 3 heteroatoms. The zero-order chi connectivity index (χ0) is 19.9. The molecular weight excluding hydrogens is 344 g/mol. The fraction of sp³-hybridized carbons (Fsp3) is 0.680. The fourth-order valence-electron chi connectivity index (χ4n) is 6.23. The maximum atomic E-state index is 13.3. The maximum Gasteiger partial charge on any atom is 0.179 e. The molecule has 3 nitrogen and oxygen atoms in total. The Labute approximate surface area is 170 Å². The van der Waals surface area contributed by atoms with E-state index >= 15 is 0 Å². The van der Waals surface area contributed by atoms with Gasteiger partial charge in [-0.15, -0.1) is 0 Å². The standard InChI is InChI=1S/C25H36N2O/c1-5-6-14-27-22(18-10-8-7-9-11-18)17-21(26-27)23(28)16-20-15-19-12-13-25(20,4)24(19,2)3/h7-11,19-20,22H,5-6,12-17H2,1-4H3/t19-,20-,22?,25+/m1/s1. The maximum absolute atomic E-state index is 13.3. The highest BCUT2D eigenvalue weighted by molar-refractivity contribution is 6.40. The van der Waals surface area contributed by atoms with Crippen LogP contribution >= 0.6 is 0 Å². The van der Waals surface area contributed by atoms with E-state index in [-0.39, 0.29) is 6.04 Å². The molecule has 2 saturated carbocycles. The molecule has 2 bridgehead atoms. The molecule has 152 valence electrons. The van der Waals surface area contributed by atoms with Crippen molar-refractivity contribution in [2.75, 3.05) is 6.54 Å². The van der Waals surface area contributed by atoms with Gasteiger partial charge in [0.05, 0.1) is 6.04 Å². The number of hydrogen-bond acceptors (Lipinski definition) is 3. The molecule has 0 saturated heterocycles. The van der Waals surface area contributed by atoms with Crippen LogP contribution in [-0.4, -0.2) is 23.0 Å². The lowest BCUT2D eigenvalue weighted by atomic mass is 9.65. The summed E-state index contributed by atoms with van der Waals surface area (Å²) in [5.74, 6) is 1.62. The third-order valence-electron chi connectivity index (χ3n) is 8.65. The summed E-state index contributed by atoms with van der Waals surface area (Å²) < 4.78 is 0. The number of nitrogens with zero attached hydrogens (tertiary/aromatic N) is 2. The normalized spacial score (nSPS) is 33.4. The Kier molecular flexibility index (Phi) is 5.14. The van der Waals surface area contributed by atoms with E-state index in [2.05, 4.69) is 63.0 Å². The minimum Gasteiger partial charge on any atom is -0.293 e. The first kappa shape index (κ1) is 19.7. The van der Waals surface area contributed by atoms with Gasteiger partial charge in [0.15, 0.2) is 5.78 Å². The lowest BCUT2D eigenvalue weighted by Gasteiger charge is -2.39. The topological polar surface area (TPSA) is 32.7 Å². The number of ketones is 1. The number of fused-ring (bicyclic) bond motifs is 2. The lowest BCUT2D eigenvalue weighted by molar-refractivity contribution is -0.115. The number of Topliss-reactive ketones (excluding diaryl/α,β-unsaturated/α-hetero) is 1. The van der Waals surface area contributed by atoms with Crippen LogP contribution in [0.3, 0.4) is 0 Å². The molecule has 0 amide bonds. The van der Waals surface area contributed by atoms with Crippen LogP contribution in [0.5, 0.6) is 0 Å². The van der Waals surface area contributed by atoms with Crippen molar-refractivity contribution in [2.45, 2.75) is 78.7 Å². The Morgan fingerprint density at radius 1 is 1.21 bits per heavy atom. The largest absolute Gasteiger partial charge is 0.293 e. The molecule has 0 radical (unpaired) electrons. The number of carbonyl (C=O) groups is 1. The summed E-state index contributed by atoms with van der Waals surface area (Å²) in [6.07, 6.45) is 7.57. The highest BCUT2D eigenvalue weighted by Gasteiger charge is 2.61. The second kappa shape index (κ2) is 7.31. The minimum atomic E-state index is 0.221. The average Bonchev–Trinajstić information content (AvgIpc) is 3.27. The van der Waals surface area contributed by atoms with E-state index in [0.29, 0.717) is 29.0 Å². The van der Waals surface area contributed by atoms with Gasteiger partial charge in [0.1, 0.15) is 5.71 Å². The second-order valence-corrected chi connectivity index (χ2v) is 10.1. The van der Waals surface area contributed by atoms with Crippen molar-refractivity contribution in [2.24, 2.45) is 27.8 Å². The Morgan fingerprint density at radius 2 is 1.96 bits per heavy atom. The molecule has 1 aromatic rings. The molecule has 0 aromatic heterocycles. The Bertz CT molecular complexity index is 753. The molecule has 2 aliphatic carbocycles. The smallest absolute Gasteiger partial charge is 0.179 e. The van der Waals surface area contributed by atoms with Crippen molar-refractivity contribution < 1.29 is 4.79 Å². The van der Waals surface area contributed by atoms with Crippen molar-refractivity contribution in [1.29, 1.82) is 0 Å². The molecule has 2 fully saturated rings. The number of hydrogen-bond donors (Lipinski definition) is 0. The van der Waals surface area contributed by atoms with Gasteiger partial charge in [-0.3, -0.25) is 9.80 Å². The van der Waals surface area contributed by atoms with Gasteiger partial charge >= 0.3 is 0 Å². The van der Waals surface area contributed by atoms with Crippen LogP contribution in [0.4, 0.5) is 0 Å². The highest BCUT2D eigenvalue weighted by Crippen LogP contribution is 2.68. The highest BCUT2D eigenvalue weighted by atomic mass is 16.1. The molecule has 3 aliphatic rings. The number of hydrazone groups is 1. The van der Waals surface area contributed by atoms with Crippen molar-refractivity contribution in [3.63, 3.8) is 0 Å². The lowest BCUT2D eigenvalue weighted by Crippen LogP contribution is -2.34. The van der Waals surface area contributed by atoms with Gasteiger partial charge in [-0.1, -0.05) is 64.4 Å². The quantitative estimate of drug-likeness (QED) is 0.580. The van der Waals surface area contributed by atoms with E-state index in [0.717, 1.165) is 37.4 Å². The van der Waals surface area contributed by atoms with Crippen LogP contribution in [0.25, 0.3) is 0 Å². The zero-order valence-corrected chi connectivity index (χ0v) is 18.1. The third kappa shape index (κ3) is 3.11. The monoisotopic (exact) mass is 380 g/mol. The van der Waals surface area contributed by atoms with Crippen LogP contribution < -0.4 is 0 Å².